The highest BCUT2D eigenvalue weighted by atomic mass is 15.0. The van der Waals surface area contributed by atoms with E-state index in [1.807, 2.05) is 18.2 Å². The van der Waals surface area contributed by atoms with Crippen molar-refractivity contribution >= 4 is 32.3 Å². The lowest BCUT2D eigenvalue weighted by Crippen LogP contribution is -2.14. The lowest BCUT2D eigenvalue weighted by atomic mass is 9.82. The van der Waals surface area contributed by atoms with Gasteiger partial charge in [-0.25, -0.2) is 15.0 Å². The SMILES string of the molecule is CC1(C)c2ccccc2-c2cc(-c3ccc(-c4nc(-c5ccccc5)nc(-c5ccc(-c6c7ccccc7cc7ccc8ccccc8c67)cc5)n4)cc3)ccc21. The van der Waals surface area contributed by atoms with Crippen LogP contribution in [-0.2, 0) is 5.41 Å². The number of benzene rings is 9. The monoisotopic (exact) mass is 727 g/mol. The molecular formula is C54H37N3. The molecule has 3 heteroatoms. The van der Waals surface area contributed by atoms with E-state index in [1.54, 1.807) is 0 Å². The Morgan fingerprint density at radius 3 is 1.56 bits per heavy atom. The smallest absolute Gasteiger partial charge is 0.164 e. The topological polar surface area (TPSA) is 38.7 Å². The molecular weight excluding hydrogens is 691 g/mol. The van der Waals surface area contributed by atoms with Gasteiger partial charge in [0.15, 0.2) is 17.5 Å². The van der Waals surface area contributed by atoms with Crippen molar-refractivity contribution < 1.29 is 0 Å². The van der Waals surface area contributed by atoms with Gasteiger partial charge in [0.1, 0.15) is 0 Å². The summed E-state index contributed by atoms with van der Waals surface area (Å²) in [6.07, 6.45) is 0. The van der Waals surface area contributed by atoms with Crippen molar-refractivity contribution in [2.45, 2.75) is 19.3 Å². The average molecular weight is 728 g/mol. The molecule has 1 heterocycles. The highest BCUT2D eigenvalue weighted by Gasteiger charge is 2.35. The van der Waals surface area contributed by atoms with E-state index < -0.39 is 0 Å². The van der Waals surface area contributed by atoms with Gasteiger partial charge >= 0.3 is 0 Å². The number of hydrogen-bond acceptors (Lipinski definition) is 3. The maximum Gasteiger partial charge on any atom is 0.164 e. The zero-order valence-electron chi connectivity index (χ0n) is 31.7. The minimum absolute atomic E-state index is 0.0132. The maximum absolute atomic E-state index is 5.11. The quantitative estimate of drug-likeness (QED) is 0.131. The molecule has 1 aliphatic rings. The summed E-state index contributed by atoms with van der Waals surface area (Å²) in [6.45, 7) is 4.64. The van der Waals surface area contributed by atoms with Gasteiger partial charge in [0.25, 0.3) is 0 Å². The Kier molecular flexibility index (Phi) is 7.52. The third-order valence-electron chi connectivity index (χ3n) is 11.9. The molecule has 0 atom stereocenters. The summed E-state index contributed by atoms with van der Waals surface area (Å²) in [5.41, 5.74) is 13.0. The second-order valence-electron chi connectivity index (χ2n) is 15.6. The lowest BCUT2D eigenvalue weighted by Gasteiger charge is -2.21. The molecule has 0 amide bonds. The summed E-state index contributed by atoms with van der Waals surface area (Å²) in [6, 6.07) is 67.4. The lowest BCUT2D eigenvalue weighted by molar-refractivity contribution is 0.660. The molecule has 0 saturated heterocycles. The molecule has 1 aromatic heterocycles. The highest BCUT2D eigenvalue weighted by molar-refractivity contribution is 6.22. The Bertz CT molecular complexity index is 3180. The van der Waals surface area contributed by atoms with Crippen LogP contribution in [0.15, 0.2) is 188 Å². The largest absolute Gasteiger partial charge is 0.208 e. The molecule has 0 fully saturated rings. The van der Waals surface area contributed by atoms with Gasteiger partial charge in [-0.15, -0.1) is 0 Å². The first-order chi connectivity index (χ1) is 28.0. The second-order valence-corrected chi connectivity index (χ2v) is 15.6. The zero-order chi connectivity index (χ0) is 38.1. The third kappa shape index (κ3) is 5.46. The van der Waals surface area contributed by atoms with Gasteiger partial charge in [-0.1, -0.05) is 190 Å². The minimum Gasteiger partial charge on any atom is -0.208 e. The van der Waals surface area contributed by atoms with Crippen LogP contribution < -0.4 is 0 Å². The van der Waals surface area contributed by atoms with Gasteiger partial charge in [0.05, 0.1) is 0 Å². The second kappa shape index (κ2) is 12.9. The molecule has 0 saturated carbocycles. The predicted molar refractivity (Wildman–Crippen MR) is 237 cm³/mol. The van der Waals surface area contributed by atoms with E-state index in [-0.39, 0.29) is 5.41 Å². The fourth-order valence-electron chi connectivity index (χ4n) is 8.99. The number of rotatable bonds is 5. The van der Waals surface area contributed by atoms with Crippen LogP contribution in [0, 0.1) is 0 Å². The molecule has 57 heavy (non-hydrogen) atoms. The Balaban J connectivity index is 0.996. The van der Waals surface area contributed by atoms with E-state index in [2.05, 4.69) is 184 Å². The summed E-state index contributed by atoms with van der Waals surface area (Å²) >= 11 is 0. The van der Waals surface area contributed by atoms with Crippen LogP contribution in [0.5, 0.6) is 0 Å². The van der Waals surface area contributed by atoms with Crippen molar-refractivity contribution in [1.82, 2.24) is 15.0 Å². The molecule has 1 aliphatic carbocycles. The molecule has 11 rings (SSSR count). The molecule has 9 aromatic carbocycles. The van der Waals surface area contributed by atoms with Crippen LogP contribution in [0.2, 0.25) is 0 Å². The van der Waals surface area contributed by atoms with E-state index in [0.717, 1.165) is 27.8 Å². The molecule has 0 bridgehead atoms. The van der Waals surface area contributed by atoms with Gasteiger partial charge < -0.3 is 0 Å². The fraction of sp³-hybridized carbons (Fsp3) is 0.0556. The Hall–Kier alpha value is -7.23. The van der Waals surface area contributed by atoms with Gasteiger partial charge in [0.2, 0.25) is 0 Å². The summed E-state index contributed by atoms with van der Waals surface area (Å²) in [5.74, 6) is 1.93. The minimum atomic E-state index is -0.0132. The Morgan fingerprint density at radius 2 is 0.842 bits per heavy atom. The summed E-state index contributed by atoms with van der Waals surface area (Å²) < 4.78 is 0. The van der Waals surface area contributed by atoms with Gasteiger partial charge in [-0.3, -0.25) is 0 Å². The summed E-state index contributed by atoms with van der Waals surface area (Å²) in [4.78, 5) is 15.2. The highest BCUT2D eigenvalue weighted by Crippen LogP contribution is 2.49. The van der Waals surface area contributed by atoms with Gasteiger partial charge in [-0.2, -0.15) is 0 Å². The van der Waals surface area contributed by atoms with E-state index >= 15 is 0 Å². The van der Waals surface area contributed by atoms with Crippen LogP contribution in [0.3, 0.4) is 0 Å². The van der Waals surface area contributed by atoms with E-state index in [9.17, 15) is 0 Å². The normalized spacial score (nSPS) is 12.9. The molecule has 268 valence electrons. The fourth-order valence-corrected chi connectivity index (χ4v) is 8.99. The first-order valence-corrected chi connectivity index (χ1v) is 19.6. The van der Waals surface area contributed by atoms with Crippen LogP contribution in [0.1, 0.15) is 25.0 Å². The first-order valence-electron chi connectivity index (χ1n) is 19.6. The van der Waals surface area contributed by atoms with Crippen molar-refractivity contribution in [3.63, 3.8) is 0 Å². The summed E-state index contributed by atoms with van der Waals surface area (Å²) in [5, 5.41) is 7.46. The molecule has 0 spiro atoms. The van der Waals surface area contributed by atoms with Crippen molar-refractivity contribution in [3.8, 4) is 67.5 Å². The van der Waals surface area contributed by atoms with E-state index in [4.69, 9.17) is 15.0 Å². The Morgan fingerprint density at radius 1 is 0.333 bits per heavy atom. The number of fused-ring (bicyclic) bond motifs is 7. The first kappa shape index (κ1) is 33.1. The van der Waals surface area contributed by atoms with Crippen molar-refractivity contribution in [3.05, 3.63) is 199 Å². The van der Waals surface area contributed by atoms with Crippen molar-refractivity contribution in [2.75, 3.05) is 0 Å². The molecule has 0 radical (unpaired) electrons. The molecule has 0 unspecified atom stereocenters. The van der Waals surface area contributed by atoms with Crippen LogP contribution in [-0.4, -0.2) is 15.0 Å². The predicted octanol–water partition coefficient (Wildman–Crippen LogP) is 14.0. The van der Waals surface area contributed by atoms with Crippen molar-refractivity contribution in [1.29, 1.82) is 0 Å². The number of aromatic nitrogens is 3. The van der Waals surface area contributed by atoms with Crippen LogP contribution in [0.4, 0.5) is 0 Å². The van der Waals surface area contributed by atoms with E-state index in [0.29, 0.717) is 17.5 Å². The van der Waals surface area contributed by atoms with Crippen molar-refractivity contribution in [2.24, 2.45) is 0 Å². The van der Waals surface area contributed by atoms with E-state index in [1.165, 1.54) is 65.7 Å². The third-order valence-corrected chi connectivity index (χ3v) is 11.9. The van der Waals surface area contributed by atoms with Crippen LogP contribution >= 0.6 is 0 Å². The summed E-state index contributed by atoms with van der Waals surface area (Å²) in [7, 11) is 0. The number of hydrogen-bond donors (Lipinski definition) is 0. The molecule has 3 nitrogen and oxygen atoms in total. The standard InChI is InChI=1S/C54H37N3/c1-54(2)47-19-11-10-18-45(47)46-33-40(30-31-48(46)54)34-20-25-38(26-21-34)52-55-51(37-13-4-3-5-14-37)56-53(57-52)39-27-23-36(24-28-39)49-44-17-9-7-15-41(44)32-42-29-22-35-12-6-8-16-43(35)50(42)49/h3-33H,1-2H3. The van der Waals surface area contributed by atoms with Gasteiger partial charge in [-0.05, 0) is 89.0 Å². The Labute approximate surface area is 332 Å². The number of nitrogens with zero attached hydrogens (tertiary/aromatic N) is 3. The van der Waals surface area contributed by atoms with Crippen LogP contribution in [0.25, 0.3) is 99.9 Å². The maximum atomic E-state index is 5.11. The molecule has 10 aromatic rings. The molecule has 0 N–H and O–H groups in total. The van der Waals surface area contributed by atoms with Gasteiger partial charge in [0, 0.05) is 22.1 Å². The average Bonchev–Trinajstić information content (AvgIpc) is 3.51. The molecule has 0 aliphatic heterocycles. The zero-order valence-corrected chi connectivity index (χ0v) is 31.7.